The zero-order valence-corrected chi connectivity index (χ0v) is 9.19. The summed E-state index contributed by atoms with van der Waals surface area (Å²) in [7, 11) is 0. The van der Waals surface area contributed by atoms with Crippen molar-refractivity contribution in [1.29, 1.82) is 0 Å². The van der Waals surface area contributed by atoms with Crippen LogP contribution in [0.2, 0.25) is 0 Å². The molecule has 82 valence electrons. The van der Waals surface area contributed by atoms with Gasteiger partial charge in [0.05, 0.1) is 0 Å². The highest BCUT2D eigenvalue weighted by Crippen LogP contribution is 2.37. The van der Waals surface area contributed by atoms with E-state index in [1.54, 1.807) is 0 Å². The molecule has 2 nitrogen and oxygen atoms in total. The fraction of sp³-hybridized carbons (Fsp3) is 0.133. The summed E-state index contributed by atoms with van der Waals surface area (Å²) in [5.74, 6) is -0.382. The van der Waals surface area contributed by atoms with Crippen LogP contribution >= 0.6 is 0 Å². The molecule has 0 fully saturated rings. The van der Waals surface area contributed by atoms with Gasteiger partial charge in [0, 0.05) is 28.8 Å². The van der Waals surface area contributed by atoms with E-state index in [0.29, 0.717) is 6.42 Å². The van der Waals surface area contributed by atoms with Crippen LogP contribution in [0.3, 0.4) is 0 Å². The summed E-state index contributed by atoms with van der Waals surface area (Å²) in [5, 5.41) is 2.17. The standard InChI is InChI=1S/C15H10O2/c1-2-14(16)17-13-9-11-7-3-5-10-6-4-8-12(13)15(10)11/h2,4,6-8,13H,1,9H2. The average Bonchev–Trinajstić information content (AvgIpc) is 2.70. The second-order valence-electron chi connectivity index (χ2n) is 4.04. The Morgan fingerprint density at radius 1 is 1.53 bits per heavy atom. The average molecular weight is 222 g/mol. The molecule has 1 aliphatic carbocycles. The van der Waals surface area contributed by atoms with Crippen molar-refractivity contribution in [2.75, 3.05) is 0 Å². The van der Waals surface area contributed by atoms with Crippen molar-refractivity contribution < 1.29 is 9.53 Å². The summed E-state index contributed by atoms with van der Waals surface area (Å²) in [6, 6.07) is 13.9. The van der Waals surface area contributed by atoms with E-state index >= 15 is 0 Å². The summed E-state index contributed by atoms with van der Waals surface area (Å²) < 4.78 is 5.35. The lowest BCUT2D eigenvalue weighted by Crippen LogP contribution is -2.07. The Bertz CT molecular complexity index is 608. The highest BCUT2D eigenvalue weighted by Gasteiger charge is 2.26. The third-order valence-corrected chi connectivity index (χ3v) is 3.05. The SMILES string of the molecule is C=CC(=O)OC1Cc2cc#cc3cccc1c23. The summed E-state index contributed by atoms with van der Waals surface area (Å²) >= 11 is 0. The molecule has 0 aliphatic heterocycles. The van der Waals surface area contributed by atoms with Gasteiger partial charge in [0.15, 0.2) is 0 Å². The number of benzene rings is 1. The minimum absolute atomic E-state index is 0.205. The maximum absolute atomic E-state index is 11.3. The summed E-state index contributed by atoms with van der Waals surface area (Å²) in [5.41, 5.74) is 2.22. The molecule has 2 aromatic rings. The van der Waals surface area contributed by atoms with Crippen LogP contribution in [0.15, 0.2) is 36.9 Å². The second-order valence-corrected chi connectivity index (χ2v) is 4.04. The largest absolute Gasteiger partial charge is 0.454 e. The normalized spacial score (nSPS) is 16.6. The lowest BCUT2D eigenvalue weighted by Gasteiger charge is -2.11. The Hall–Kier alpha value is -2.27. The number of esters is 1. The lowest BCUT2D eigenvalue weighted by molar-refractivity contribution is -0.143. The molecule has 0 saturated carbocycles. The molecule has 0 aromatic heterocycles. The van der Waals surface area contributed by atoms with Gasteiger partial charge in [0.25, 0.3) is 0 Å². The first-order valence-electron chi connectivity index (χ1n) is 5.46. The van der Waals surface area contributed by atoms with E-state index in [0.717, 1.165) is 21.9 Å². The van der Waals surface area contributed by atoms with E-state index in [1.807, 2.05) is 24.3 Å². The van der Waals surface area contributed by atoms with Crippen molar-refractivity contribution in [3.05, 3.63) is 60.2 Å². The van der Waals surface area contributed by atoms with Gasteiger partial charge >= 0.3 is 5.97 Å². The van der Waals surface area contributed by atoms with Gasteiger partial charge in [-0.2, -0.15) is 0 Å². The topological polar surface area (TPSA) is 26.3 Å². The van der Waals surface area contributed by atoms with Crippen LogP contribution in [0, 0.1) is 12.1 Å². The highest BCUT2D eigenvalue weighted by atomic mass is 16.5. The van der Waals surface area contributed by atoms with Crippen molar-refractivity contribution in [2.24, 2.45) is 0 Å². The first-order chi connectivity index (χ1) is 8.29. The number of ether oxygens (including phenoxy) is 1. The maximum Gasteiger partial charge on any atom is 0.330 e. The smallest absolute Gasteiger partial charge is 0.330 e. The summed E-state index contributed by atoms with van der Waals surface area (Å²) in [4.78, 5) is 11.3. The maximum atomic E-state index is 11.3. The lowest BCUT2D eigenvalue weighted by atomic mass is 10.1. The fourth-order valence-corrected chi connectivity index (χ4v) is 2.34. The van der Waals surface area contributed by atoms with E-state index in [4.69, 9.17) is 4.74 Å². The van der Waals surface area contributed by atoms with Gasteiger partial charge in [0.2, 0.25) is 0 Å². The van der Waals surface area contributed by atoms with Crippen LogP contribution in [0.1, 0.15) is 17.2 Å². The van der Waals surface area contributed by atoms with E-state index in [-0.39, 0.29) is 12.1 Å². The molecule has 1 aliphatic rings. The van der Waals surface area contributed by atoms with Gasteiger partial charge < -0.3 is 4.74 Å². The number of carbonyl (C=O) groups excluding carboxylic acids is 1. The Morgan fingerprint density at radius 3 is 3.24 bits per heavy atom. The first-order valence-corrected chi connectivity index (χ1v) is 5.46. The molecule has 2 heteroatoms. The number of carbonyl (C=O) groups is 1. The Balaban J connectivity index is 2.09. The van der Waals surface area contributed by atoms with E-state index in [1.165, 1.54) is 6.08 Å². The van der Waals surface area contributed by atoms with Crippen molar-refractivity contribution in [3.63, 3.8) is 0 Å². The van der Waals surface area contributed by atoms with Crippen LogP contribution in [-0.4, -0.2) is 5.97 Å². The quantitative estimate of drug-likeness (QED) is 0.577. The van der Waals surface area contributed by atoms with Crippen molar-refractivity contribution in [2.45, 2.75) is 12.5 Å². The number of hydrogen-bond donors (Lipinski definition) is 0. The van der Waals surface area contributed by atoms with Crippen LogP contribution in [0.25, 0.3) is 10.8 Å². The predicted octanol–water partition coefficient (Wildman–Crippen LogP) is 2.77. The zero-order chi connectivity index (χ0) is 11.8. The highest BCUT2D eigenvalue weighted by molar-refractivity contribution is 5.90. The molecule has 0 radical (unpaired) electrons. The number of rotatable bonds is 2. The molecule has 1 atom stereocenters. The van der Waals surface area contributed by atoms with Crippen molar-refractivity contribution >= 4 is 16.7 Å². The van der Waals surface area contributed by atoms with Gasteiger partial charge in [-0.15, -0.1) is 0 Å². The van der Waals surface area contributed by atoms with Gasteiger partial charge in [-0.3, -0.25) is 0 Å². The first kappa shape index (κ1) is 9.92. The molecular formula is C15H10O2. The minimum Gasteiger partial charge on any atom is -0.454 e. The van der Waals surface area contributed by atoms with Gasteiger partial charge in [-0.25, -0.2) is 4.79 Å². The molecule has 1 unspecified atom stereocenters. The molecule has 0 saturated heterocycles. The van der Waals surface area contributed by atoms with Gasteiger partial charge in [0.1, 0.15) is 6.10 Å². The molecule has 17 heavy (non-hydrogen) atoms. The molecule has 0 amide bonds. The third kappa shape index (κ3) is 1.48. The van der Waals surface area contributed by atoms with Crippen molar-refractivity contribution in [1.82, 2.24) is 0 Å². The third-order valence-electron chi connectivity index (χ3n) is 3.05. The Labute approximate surface area is 99.5 Å². The van der Waals surface area contributed by atoms with Crippen LogP contribution in [-0.2, 0) is 16.0 Å². The molecule has 3 rings (SSSR count). The minimum atomic E-state index is -0.382. The molecule has 0 heterocycles. The van der Waals surface area contributed by atoms with Gasteiger partial charge in [-0.1, -0.05) is 30.8 Å². The summed E-state index contributed by atoms with van der Waals surface area (Å²) in [6.07, 6.45) is 1.70. The molecular weight excluding hydrogens is 212 g/mol. The number of hydrogen-bond acceptors (Lipinski definition) is 2. The predicted molar refractivity (Wildman–Crippen MR) is 64.4 cm³/mol. The summed E-state index contributed by atoms with van der Waals surface area (Å²) in [6.45, 7) is 3.41. The fourth-order valence-electron chi connectivity index (χ4n) is 2.34. The van der Waals surface area contributed by atoms with Crippen LogP contribution < -0.4 is 0 Å². The second kappa shape index (κ2) is 3.64. The molecule has 0 spiro atoms. The van der Waals surface area contributed by atoms with Gasteiger partial charge in [-0.05, 0) is 17.7 Å². The molecule has 0 bridgehead atoms. The van der Waals surface area contributed by atoms with Crippen LogP contribution in [0.4, 0.5) is 0 Å². The Morgan fingerprint density at radius 2 is 2.41 bits per heavy atom. The van der Waals surface area contributed by atoms with Crippen molar-refractivity contribution in [3.8, 4) is 0 Å². The monoisotopic (exact) mass is 222 g/mol. The van der Waals surface area contributed by atoms with Crippen LogP contribution in [0.5, 0.6) is 0 Å². The van der Waals surface area contributed by atoms with E-state index in [2.05, 4.69) is 18.7 Å². The Kier molecular flexibility index (Phi) is 2.12. The molecule has 2 aromatic carbocycles. The molecule has 0 N–H and O–H groups in total. The van der Waals surface area contributed by atoms with E-state index < -0.39 is 0 Å². The zero-order valence-electron chi connectivity index (χ0n) is 9.19. The van der Waals surface area contributed by atoms with E-state index in [9.17, 15) is 4.79 Å².